The van der Waals surface area contributed by atoms with Gasteiger partial charge in [-0.1, -0.05) is 12.1 Å². The van der Waals surface area contributed by atoms with Gasteiger partial charge in [-0.15, -0.1) is 0 Å². The van der Waals surface area contributed by atoms with E-state index in [9.17, 15) is 22.0 Å². The number of aromatic nitrogens is 2. The molecule has 0 fully saturated rings. The van der Waals surface area contributed by atoms with Gasteiger partial charge in [0.05, 0.1) is 35.3 Å². The van der Waals surface area contributed by atoms with Gasteiger partial charge in [0.1, 0.15) is 11.5 Å². The van der Waals surface area contributed by atoms with E-state index in [1.54, 1.807) is 29.1 Å². The SMILES string of the molecule is CC(C)Oc1ccc(C2CCOc3cc(SOc4c(F)c(F)c(F)c(F)c4F)ccc32)c(-c2ccnn2C)c1. The molecule has 1 unspecified atom stereocenters. The molecule has 204 valence electrons. The summed E-state index contributed by atoms with van der Waals surface area (Å²) in [6.07, 6.45) is 2.42. The van der Waals surface area contributed by atoms with Crippen LogP contribution in [0, 0.1) is 29.1 Å². The van der Waals surface area contributed by atoms with Crippen molar-refractivity contribution in [1.82, 2.24) is 9.78 Å². The maximum atomic E-state index is 14.0. The Bertz CT molecular complexity index is 1510. The fourth-order valence-electron chi connectivity index (χ4n) is 4.54. The zero-order valence-corrected chi connectivity index (χ0v) is 21.9. The van der Waals surface area contributed by atoms with Crippen LogP contribution in [0.2, 0.25) is 0 Å². The molecule has 0 spiro atoms. The lowest BCUT2D eigenvalue weighted by atomic mass is 9.83. The van der Waals surface area contributed by atoms with Gasteiger partial charge in [0.2, 0.25) is 34.8 Å². The van der Waals surface area contributed by atoms with E-state index in [0.717, 1.165) is 28.1 Å². The van der Waals surface area contributed by atoms with E-state index in [-0.39, 0.29) is 12.0 Å². The number of ether oxygens (including phenoxy) is 2. The normalized spacial score (nSPS) is 14.7. The van der Waals surface area contributed by atoms with Gasteiger partial charge >= 0.3 is 0 Å². The Morgan fingerprint density at radius 3 is 2.28 bits per heavy atom. The molecule has 3 aromatic carbocycles. The van der Waals surface area contributed by atoms with Gasteiger partial charge in [0, 0.05) is 30.3 Å². The van der Waals surface area contributed by atoms with Crippen LogP contribution in [0.3, 0.4) is 0 Å². The summed E-state index contributed by atoms with van der Waals surface area (Å²) < 4.78 is 86.9. The summed E-state index contributed by atoms with van der Waals surface area (Å²) in [6, 6.07) is 12.9. The number of rotatable bonds is 7. The molecule has 11 heteroatoms. The second-order valence-corrected chi connectivity index (χ2v) is 10.0. The summed E-state index contributed by atoms with van der Waals surface area (Å²) in [5, 5.41) is 4.31. The second kappa shape index (κ2) is 10.8. The Morgan fingerprint density at radius 2 is 1.62 bits per heavy atom. The van der Waals surface area contributed by atoms with Gasteiger partial charge in [0.25, 0.3) is 0 Å². The van der Waals surface area contributed by atoms with Crippen molar-refractivity contribution in [2.45, 2.75) is 37.2 Å². The minimum absolute atomic E-state index is 0.00188. The fraction of sp³-hybridized carbons (Fsp3) is 0.250. The molecule has 39 heavy (non-hydrogen) atoms. The molecule has 4 aromatic rings. The average molecular weight is 563 g/mol. The van der Waals surface area contributed by atoms with Crippen LogP contribution in [-0.4, -0.2) is 22.5 Å². The summed E-state index contributed by atoms with van der Waals surface area (Å²) in [6.45, 7) is 4.31. The molecule has 0 bridgehead atoms. The van der Waals surface area contributed by atoms with Crippen molar-refractivity contribution in [3.63, 3.8) is 0 Å². The molecular formula is C28H23F5N2O3S. The maximum absolute atomic E-state index is 14.0. The number of nitrogens with zero attached hydrogens (tertiary/aromatic N) is 2. The van der Waals surface area contributed by atoms with Crippen LogP contribution in [0.25, 0.3) is 11.3 Å². The molecule has 0 aliphatic carbocycles. The number of hydrogen-bond acceptors (Lipinski definition) is 5. The largest absolute Gasteiger partial charge is 0.493 e. The first-order chi connectivity index (χ1) is 18.7. The van der Waals surface area contributed by atoms with Crippen LogP contribution in [0.4, 0.5) is 22.0 Å². The third-order valence-electron chi connectivity index (χ3n) is 6.28. The molecule has 2 heterocycles. The molecule has 0 saturated heterocycles. The number of benzene rings is 3. The van der Waals surface area contributed by atoms with E-state index in [1.807, 2.05) is 45.2 Å². The van der Waals surface area contributed by atoms with Crippen molar-refractivity contribution in [2.75, 3.05) is 6.61 Å². The van der Waals surface area contributed by atoms with Crippen LogP contribution in [0.5, 0.6) is 17.2 Å². The smallest absolute Gasteiger partial charge is 0.215 e. The van der Waals surface area contributed by atoms with Crippen LogP contribution >= 0.6 is 12.0 Å². The lowest BCUT2D eigenvalue weighted by Gasteiger charge is -2.28. The van der Waals surface area contributed by atoms with E-state index in [2.05, 4.69) is 5.10 Å². The van der Waals surface area contributed by atoms with E-state index in [4.69, 9.17) is 13.7 Å². The summed E-state index contributed by atoms with van der Waals surface area (Å²) in [5.74, 6) is -10.6. The molecule has 5 nitrogen and oxygen atoms in total. The quantitative estimate of drug-likeness (QED) is 0.101. The van der Waals surface area contributed by atoms with Crippen molar-refractivity contribution in [3.8, 4) is 28.5 Å². The van der Waals surface area contributed by atoms with E-state index in [1.165, 1.54) is 0 Å². The minimum atomic E-state index is -2.25. The lowest BCUT2D eigenvalue weighted by molar-refractivity contribution is 0.242. The van der Waals surface area contributed by atoms with Gasteiger partial charge in [0.15, 0.2) is 0 Å². The van der Waals surface area contributed by atoms with Crippen LogP contribution in [-0.2, 0) is 7.05 Å². The number of hydrogen-bond donors (Lipinski definition) is 0. The molecule has 0 saturated carbocycles. The first-order valence-electron chi connectivity index (χ1n) is 12.1. The highest BCUT2D eigenvalue weighted by atomic mass is 32.2. The second-order valence-electron chi connectivity index (χ2n) is 9.21. The van der Waals surface area contributed by atoms with Crippen molar-refractivity contribution in [3.05, 3.63) is 88.9 Å². The predicted molar refractivity (Wildman–Crippen MR) is 136 cm³/mol. The first-order valence-corrected chi connectivity index (χ1v) is 12.8. The molecule has 1 atom stereocenters. The zero-order valence-electron chi connectivity index (χ0n) is 21.1. The standard InChI is InChI=1S/C28H23F5N2O3S/c1-14(2)37-15-4-6-17(20(12-15)21-8-10-34-35(21)3)18-9-11-36-22-13-16(5-7-19(18)22)39-38-28-26(32)24(30)23(29)25(31)27(28)33/h4-8,10,12-14,18H,9,11H2,1-3H3. The Labute approximate surface area is 225 Å². The van der Waals surface area contributed by atoms with Gasteiger partial charge in [-0.25, -0.2) is 13.2 Å². The molecular weight excluding hydrogens is 539 g/mol. The summed E-state index contributed by atoms with van der Waals surface area (Å²) >= 11 is 0.462. The number of aryl methyl sites for hydroxylation is 1. The average Bonchev–Trinajstić information content (AvgIpc) is 3.35. The van der Waals surface area contributed by atoms with Crippen LogP contribution < -0.4 is 13.7 Å². The van der Waals surface area contributed by atoms with Crippen molar-refractivity contribution >= 4 is 12.0 Å². The summed E-state index contributed by atoms with van der Waals surface area (Å²) in [4.78, 5) is 0.353. The zero-order chi connectivity index (χ0) is 27.8. The van der Waals surface area contributed by atoms with Crippen LogP contribution in [0.15, 0.2) is 53.6 Å². The molecule has 0 radical (unpaired) electrons. The highest BCUT2D eigenvalue weighted by Crippen LogP contribution is 2.44. The Kier molecular flexibility index (Phi) is 7.44. The molecule has 1 aliphatic rings. The molecule has 0 N–H and O–H groups in total. The Hall–Kier alpha value is -3.73. The van der Waals surface area contributed by atoms with Crippen LogP contribution in [0.1, 0.15) is 37.3 Å². The highest BCUT2D eigenvalue weighted by molar-refractivity contribution is 7.95. The highest BCUT2D eigenvalue weighted by Gasteiger charge is 2.29. The molecule has 0 amide bonds. The van der Waals surface area contributed by atoms with Crippen molar-refractivity contribution < 1.29 is 35.6 Å². The first kappa shape index (κ1) is 26.9. The number of fused-ring (bicyclic) bond motifs is 1. The third-order valence-corrected chi connectivity index (χ3v) is 6.98. The lowest BCUT2D eigenvalue weighted by Crippen LogP contribution is -2.16. The van der Waals surface area contributed by atoms with Crippen molar-refractivity contribution in [2.24, 2.45) is 7.05 Å². The van der Waals surface area contributed by atoms with Gasteiger partial charge in [-0.2, -0.15) is 13.9 Å². The number of halogens is 5. The molecule has 1 aromatic heterocycles. The summed E-state index contributed by atoms with van der Waals surface area (Å²) in [5.41, 5.74) is 3.79. The summed E-state index contributed by atoms with van der Waals surface area (Å²) in [7, 11) is 1.86. The molecule has 1 aliphatic heterocycles. The van der Waals surface area contributed by atoms with Gasteiger partial charge < -0.3 is 13.7 Å². The van der Waals surface area contributed by atoms with Crippen molar-refractivity contribution in [1.29, 1.82) is 0 Å². The van der Waals surface area contributed by atoms with E-state index < -0.39 is 34.8 Å². The predicted octanol–water partition coefficient (Wildman–Crippen LogP) is 7.57. The minimum Gasteiger partial charge on any atom is -0.493 e. The molecule has 5 rings (SSSR count). The van der Waals surface area contributed by atoms with Gasteiger partial charge in [-0.05, 0) is 56.2 Å². The third kappa shape index (κ3) is 5.15. The maximum Gasteiger partial charge on any atom is 0.215 e. The van der Waals surface area contributed by atoms with E-state index in [0.29, 0.717) is 35.7 Å². The Morgan fingerprint density at radius 1 is 0.923 bits per heavy atom. The van der Waals surface area contributed by atoms with E-state index >= 15 is 0 Å². The topological polar surface area (TPSA) is 45.5 Å². The fourth-order valence-corrected chi connectivity index (χ4v) is 5.14. The monoisotopic (exact) mass is 562 g/mol. The Balaban J connectivity index is 1.46. The van der Waals surface area contributed by atoms with Gasteiger partial charge in [-0.3, -0.25) is 4.68 Å².